The molecule has 0 aromatic rings. The second kappa shape index (κ2) is 2.42. The Kier molecular flexibility index (Phi) is 1.81. The second-order valence-electron chi connectivity index (χ2n) is 2.19. The minimum atomic E-state index is -0.330. The molecule has 1 aliphatic heterocycles. The van der Waals surface area contributed by atoms with Gasteiger partial charge in [-0.2, -0.15) is 0 Å². The Morgan fingerprint density at radius 2 is 2.25 bits per heavy atom. The molecule has 0 aromatic heterocycles. The molecule has 1 unspecified atom stereocenters. The number of piperidine rings is 1. The van der Waals surface area contributed by atoms with Gasteiger partial charge in [0.05, 0.1) is 6.17 Å². The maximum atomic E-state index is 12.3. The fourth-order valence-corrected chi connectivity index (χ4v) is 0.922. The van der Waals surface area contributed by atoms with E-state index in [9.17, 15) is 4.48 Å². The zero-order valence-electron chi connectivity index (χ0n) is 4.81. The molecule has 48 valence electrons. The Morgan fingerprint density at radius 1 is 1.50 bits per heavy atom. The molecule has 0 amide bonds. The van der Waals surface area contributed by atoms with Crippen molar-refractivity contribution in [3.05, 3.63) is 0 Å². The summed E-state index contributed by atoms with van der Waals surface area (Å²) >= 11 is 0. The minimum Gasteiger partial charge on any atom is -0.314 e. The number of hydrogen-bond donors (Lipinski definition) is 1. The van der Waals surface area contributed by atoms with Gasteiger partial charge in [-0.1, -0.05) is 0 Å². The molecule has 1 saturated heterocycles. The molecule has 0 spiro atoms. The minimum absolute atomic E-state index is 0.330. The molecule has 1 rings (SSSR count). The van der Waals surface area contributed by atoms with Crippen LogP contribution in [0.2, 0.25) is 0 Å². The van der Waals surface area contributed by atoms with Crippen molar-refractivity contribution in [1.82, 2.24) is 5.12 Å². The van der Waals surface area contributed by atoms with E-state index >= 15 is 0 Å². The molecule has 1 fully saturated rings. The van der Waals surface area contributed by atoms with Crippen molar-refractivity contribution in [2.45, 2.75) is 25.4 Å². The molecule has 2 nitrogen and oxygen atoms in total. The van der Waals surface area contributed by atoms with Crippen molar-refractivity contribution in [1.29, 1.82) is 0 Å². The summed E-state index contributed by atoms with van der Waals surface area (Å²) in [6, 6.07) is 0. The summed E-state index contributed by atoms with van der Waals surface area (Å²) in [5.41, 5.74) is 5.33. The van der Waals surface area contributed by atoms with Crippen molar-refractivity contribution in [3.8, 4) is 0 Å². The van der Waals surface area contributed by atoms with E-state index in [-0.39, 0.29) is 6.17 Å². The maximum absolute atomic E-state index is 12.3. The van der Waals surface area contributed by atoms with Gasteiger partial charge >= 0.3 is 0 Å². The highest BCUT2D eigenvalue weighted by Gasteiger charge is 2.16. The Bertz CT molecular complexity index is 66.8. The van der Waals surface area contributed by atoms with Gasteiger partial charge in [-0.05, 0) is 19.3 Å². The number of halogens is 1. The van der Waals surface area contributed by atoms with Crippen LogP contribution in [0.3, 0.4) is 0 Å². The lowest BCUT2D eigenvalue weighted by atomic mass is 10.1. The van der Waals surface area contributed by atoms with E-state index in [2.05, 4.69) is 0 Å². The zero-order chi connectivity index (χ0) is 5.98. The standard InChI is InChI=1S/C5H11FN2/c6-8-4-2-1-3-5(8)7/h5H,1-4,7H2. The fraction of sp³-hybridized carbons (Fsp3) is 1.00. The average molecular weight is 118 g/mol. The van der Waals surface area contributed by atoms with E-state index in [4.69, 9.17) is 5.73 Å². The summed E-state index contributed by atoms with van der Waals surface area (Å²) in [5, 5.41) is 0.712. The van der Waals surface area contributed by atoms with Crippen LogP contribution >= 0.6 is 0 Å². The summed E-state index contributed by atoms with van der Waals surface area (Å²) in [7, 11) is 0. The lowest BCUT2D eigenvalue weighted by Gasteiger charge is -2.23. The largest absolute Gasteiger partial charge is 0.314 e. The molecule has 2 N–H and O–H groups in total. The number of nitrogens with two attached hydrogens (primary N) is 1. The topological polar surface area (TPSA) is 29.3 Å². The summed E-state index contributed by atoms with van der Waals surface area (Å²) in [4.78, 5) is 0. The molecule has 3 heteroatoms. The van der Waals surface area contributed by atoms with Gasteiger partial charge in [-0.25, -0.2) is 0 Å². The van der Waals surface area contributed by atoms with E-state index in [0.29, 0.717) is 11.7 Å². The maximum Gasteiger partial charge on any atom is 0.0868 e. The summed E-state index contributed by atoms with van der Waals surface area (Å²) in [5.74, 6) is 0. The van der Waals surface area contributed by atoms with Gasteiger partial charge in [0.1, 0.15) is 0 Å². The van der Waals surface area contributed by atoms with Crippen molar-refractivity contribution in [2.24, 2.45) is 5.73 Å². The molecular weight excluding hydrogens is 107 g/mol. The van der Waals surface area contributed by atoms with E-state index in [1.807, 2.05) is 0 Å². The van der Waals surface area contributed by atoms with Crippen LogP contribution < -0.4 is 5.73 Å². The highest BCUT2D eigenvalue weighted by molar-refractivity contribution is 4.63. The first kappa shape index (κ1) is 5.98. The third kappa shape index (κ3) is 1.17. The molecule has 8 heavy (non-hydrogen) atoms. The summed E-state index contributed by atoms with van der Waals surface area (Å²) in [6.07, 6.45) is 2.49. The van der Waals surface area contributed by atoms with Gasteiger partial charge in [0.25, 0.3) is 0 Å². The molecular formula is C5H11FN2. The predicted molar refractivity (Wildman–Crippen MR) is 29.6 cm³/mol. The van der Waals surface area contributed by atoms with Crippen LogP contribution in [0, 0.1) is 0 Å². The number of rotatable bonds is 0. The van der Waals surface area contributed by atoms with Crippen LogP contribution in [0.5, 0.6) is 0 Å². The summed E-state index contributed by atoms with van der Waals surface area (Å²) in [6.45, 7) is 0.515. The molecule has 0 saturated carbocycles. The van der Waals surface area contributed by atoms with Crippen LogP contribution in [0.1, 0.15) is 19.3 Å². The molecule has 0 radical (unpaired) electrons. The van der Waals surface area contributed by atoms with Crippen LogP contribution in [0.25, 0.3) is 0 Å². The van der Waals surface area contributed by atoms with Gasteiger partial charge < -0.3 is 5.73 Å². The fourth-order valence-electron chi connectivity index (χ4n) is 0.922. The first-order valence-electron chi connectivity index (χ1n) is 2.99. The van der Waals surface area contributed by atoms with Crippen LogP contribution in [-0.4, -0.2) is 17.8 Å². The van der Waals surface area contributed by atoms with Crippen molar-refractivity contribution >= 4 is 0 Å². The van der Waals surface area contributed by atoms with Crippen molar-refractivity contribution < 1.29 is 4.48 Å². The van der Waals surface area contributed by atoms with Crippen molar-refractivity contribution in [3.63, 3.8) is 0 Å². The molecule has 1 aliphatic rings. The van der Waals surface area contributed by atoms with Gasteiger partial charge in [0.15, 0.2) is 0 Å². The third-order valence-corrected chi connectivity index (χ3v) is 1.48. The first-order chi connectivity index (χ1) is 3.80. The zero-order valence-corrected chi connectivity index (χ0v) is 4.81. The Hall–Kier alpha value is -0.150. The van der Waals surface area contributed by atoms with Gasteiger partial charge in [0, 0.05) is 6.54 Å². The van der Waals surface area contributed by atoms with Crippen LogP contribution in [-0.2, 0) is 0 Å². The Morgan fingerprint density at radius 3 is 2.62 bits per heavy atom. The van der Waals surface area contributed by atoms with Crippen LogP contribution in [0.15, 0.2) is 0 Å². The van der Waals surface area contributed by atoms with E-state index in [1.54, 1.807) is 0 Å². The SMILES string of the molecule is NC1CCCCN1F. The van der Waals surface area contributed by atoms with Crippen molar-refractivity contribution in [2.75, 3.05) is 6.54 Å². The van der Waals surface area contributed by atoms with Gasteiger partial charge in [-0.15, -0.1) is 9.60 Å². The lowest BCUT2D eigenvalue weighted by molar-refractivity contribution is -0.0416. The molecule has 1 heterocycles. The number of hydrogen-bond acceptors (Lipinski definition) is 2. The molecule has 1 atom stereocenters. The third-order valence-electron chi connectivity index (χ3n) is 1.48. The highest BCUT2D eigenvalue weighted by Crippen LogP contribution is 2.12. The van der Waals surface area contributed by atoms with E-state index in [0.717, 1.165) is 19.3 Å². The first-order valence-corrected chi connectivity index (χ1v) is 2.99. The van der Waals surface area contributed by atoms with Crippen LogP contribution in [0.4, 0.5) is 4.48 Å². The average Bonchev–Trinajstić information content (AvgIpc) is 1.77. The quantitative estimate of drug-likeness (QED) is 0.473. The van der Waals surface area contributed by atoms with Gasteiger partial charge in [-0.3, -0.25) is 0 Å². The van der Waals surface area contributed by atoms with E-state index < -0.39 is 0 Å². The molecule has 0 aromatic carbocycles. The predicted octanol–water partition coefficient (Wildman–Crippen LogP) is 0.642. The summed E-state index contributed by atoms with van der Waals surface area (Å²) < 4.78 is 12.3. The number of nitrogens with zero attached hydrogens (tertiary/aromatic N) is 1. The molecule has 0 aliphatic carbocycles. The van der Waals surface area contributed by atoms with Gasteiger partial charge in [0.2, 0.25) is 0 Å². The normalized spacial score (nSPS) is 33.0. The highest BCUT2D eigenvalue weighted by atomic mass is 19.2. The second-order valence-corrected chi connectivity index (χ2v) is 2.19. The Labute approximate surface area is 48.4 Å². The Balaban J connectivity index is 2.28. The monoisotopic (exact) mass is 118 g/mol. The van der Waals surface area contributed by atoms with E-state index in [1.165, 1.54) is 0 Å². The lowest BCUT2D eigenvalue weighted by Crippen LogP contribution is -2.39. The molecule has 0 bridgehead atoms. The smallest absolute Gasteiger partial charge is 0.0868 e.